The molecule has 0 radical (unpaired) electrons. The maximum absolute atomic E-state index is 12.4. The largest absolute Gasteiger partial charge is 0.444 e. The molecule has 0 spiro atoms. The molecule has 0 aliphatic carbocycles. The first-order valence-electron chi connectivity index (χ1n) is 11.9. The van der Waals surface area contributed by atoms with E-state index in [0.29, 0.717) is 12.0 Å². The monoisotopic (exact) mass is 440 g/mol. The predicted molar refractivity (Wildman–Crippen MR) is 124 cm³/mol. The van der Waals surface area contributed by atoms with Crippen LogP contribution in [0, 0.1) is 5.92 Å². The number of ether oxygens (including phenoxy) is 3. The minimum absolute atomic E-state index is 0.187. The molecule has 0 aromatic carbocycles. The van der Waals surface area contributed by atoms with Crippen molar-refractivity contribution in [2.75, 3.05) is 60.1 Å². The quantitative estimate of drug-likeness (QED) is 0.355. The molecule has 1 amide bonds. The van der Waals surface area contributed by atoms with Gasteiger partial charge in [0, 0.05) is 60.1 Å². The topological polar surface area (TPSA) is 75.6 Å². The number of hydrogen-bond acceptors (Lipinski definition) is 5. The first-order valence-corrected chi connectivity index (χ1v) is 11.9. The summed E-state index contributed by atoms with van der Waals surface area (Å²) in [5.74, 6) is 1.47. The van der Waals surface area contributed by atoms with Gasteiger partial charge in [-0.2, -0.15) is 0 Å². The summed E-state index contributed by atoms with van der Waals surface area (Å²) in [5.41, 5.74) is -0.444. The van der Waals surface area contributed by atoms with Crippen LogP contribution in [0.25, 0.3) is 0 Å². The van der Waals surface area contributed by atoms with Gasteiger partial charge in [0.1, 0.15) is 5.60 Å². The fourth-order valence-corrected chi connectivity index (χ4v) is 4.20. The maximum atomic E-state index is 12.4. The molecular formula is C23H44N4O4. The summed E-state index contributed by atoms with van der Waals surface area (Å²) in [7, 11) is 3.57. The van der Waals surface area contributed by atoms with Crippen LogP contribution in [0.15, 0.2) is 4.99 Å². The zero-order valence-electron chi connectivity index (χ0n) is 20.3. The molecular weight excluding hydrogens is 396 g/mol. The van der Waals surface area contributed by atoms with Crippen LogP contribution >= 0.6 is 0 Å². The number of amides is 1. The maximum Gasteiger partial charge on any atom is 0.410 e. The number of rotatable bonds is 8. The number of guanidine groups is 1. The second-order valence-electron chi connectivity index (χ2n) is 9.60. The summed E-state index contributed by atoms with van der Waals surface area (Å²) in [6, 6.07) is 0. The second kappa shape index (κ2) is 13.1. The van der Waals surface area contributed by atoms with Gasteiger partial charge < -0.3 is 29.3 Å². The summed E-state index contributed by atoms with van der Waals surface area (Å²) in [6.45, 7) is 11.6. The Hall–Kier alpha value is -1.54. The molecule has 0 aromatic heterocycles. The molecule has 8 nitrogen and oxygen atoms in total. The molecule has 2 fully saturated rings. The highest BCUT2D eigenvalue weighted by Crippen LogP contribution is 2.21. The fourth-order valence-electron chi connectivity index (χ4n) is 4.20. The van der Waals surface area contributed by atoms with Gasteiger partial charge in [-0.3, -0.25) is 4.99 Å². The predicted octanol–water partition coefficient (Wildman–Crippen LogP) is 3.12. The molecule has 0 saturated carbocycles. The molecule has 1 N–H and O–H groups in total. The van der Waals surface area contributed by atoms with E-state index in [-0.39, 0.29) is 6.09 Å². The van der Waals surface area contributed by atoms with Crippen molar-refractivity contribution in [1.29, 1.82) is 0 Å². The van der Waals surface area contributed by atoms with Crippen LogP contribution in [0.2, 0.25) is 0 Å². The number of carbonyl (C=O) groups is 1. The van der Waals surface area contributed by atoms with Gasteiger partial charge >= 0.3 is 6.09 Å². The highest BCUT2D eigenvalue weighted by molar-refractivity contribution is 5.79. The molecule has 0 aromatic rings. The molecule has 1 atom stereocenters. The molecule has 0 bridgehead atoms. The Morgan fingerprint density at radius 3 is 2.48 bits per heavy atom. The van der Waals surface area contributed by atoms with Crippen LogP contribution in [0.5, 0.6) is 0 Å². The van der Waals surface area contributed by atoms with E-state index in [9.17, 15) is 4.79 Å². The third kappa shape index (κ3) is 9.64. The van der Waals surface area contributed by atoms with Gasteiger partial charge in [0.05, 0.1) is 6.10 Å². The van der Waals surface area contributed by atoms with Gasteiger partial charge in [0.25, 0.3) is 0 Å². The third-order valence-electron chi connectivity index (χ3n) is 5.81. The molecule has 1 unspecified atom stereocenters. The molecule has 180 valence electrons. The summed E-state index contributed by atoms with van der Waals surface area (Å²) in [6.07, 6.45) is 6.38. The van der Waals surface area contributed by atoms with Gasteiger partial charge in [-0.15, -0.1) is 0 Å². The van der Waals surface area contributed by atoms with Gasteiger partial charge in [0.2, 0.25) is 0 Å². The number of nitrogens with zero attached hydrogens (tertiary/aromatic N) is 3. The molecule has 31 heavy (non-hydrogen) atoms. The van der Waals surface area contributed by atoms with Crippen LogP contribution in [-0.4, -0.2) is 93.7 Å². The third-order valence-corrected chi connectivity index (χ3v) is 5.81. The summed E-state index contributed by atoms with van der Waals surface area (Å²) >= 11 is 0. The van der Waals surface area contributed by atoms with E-state index < -0.39 is 5.60 Å². The van der Waals surface area contributed by atoms with Gasteiger partial charge in [-0.1, -0.05) is 0 Å². The fraction of sp³-hybridized carbons (Fsp3) is 0.913. The second-order valence-corrected chi connectivity index (χ2v) is 9.60. The van der Waals surface area contributed by atoms with E-state index in [1.54, 1.807) is 7.11 Å². The molecule has 2 saturated heterocycles. The normalized spacial score (nSPS) is 21.3. The van der Waals surface area contributed by atoms with Gasteiger partial charge in [-0.05, 0) is 65.2 Å². The highest BCUT2D eigenvalue weighted by Gasteiger charge is 2.28. The number of likely N-dealkylation sites (tertiary alicyclic amines) is 2. The molecule has 2 aliphatic heterocycles. The van der Waals surface area contributed by atoms with Crippen LogP contribution in [0.4, 0.5) is 4.79 Å². The van der Waals surface area contributed by atoms with Crippen LogP contribution in [0.3, 0.4) is 0 Å². The average Bonchev–Trinajstić information content (AvgIpc) is 2.74. The Labute approximate surface area is 188 Å². The number of hydrogen-bond donors (Lipinski definition) is 1. The van der Waals surface area contributed by atoms with E-state index >= 15 is 0 Å². The minimum atomic E-state index is -0.444. The van der Waals surface area contributed by atoms with E-state index in [1.165, 1.54) is 0 Å². The van der Waals surface area contributed by atoms with E-state index in [2.05, 4.69) is 15.2 Å². The lowest BCUT2D eigenvalue weighted by Crippen LogP contribution is -2.48. The van der Waals surface area contributed by atoms with Crippen molar-refractivity contribution in [2.45, 2.75) is 71.0 Å². The zero-order valence-corrected chi connectivity index (χ0v) is 20.3. The standard InChI is InChI=1S/C23H44N4O4/c1-23(2,3)31-22(28)27-13-6-8-19(18-27)9-12-25-21(24-4)26-14-10-20(11-15-26)30-17-7-16-29-5/h19-20H,6-18H2,1-5H3,(H,24,25). The van der Waals surface area contributed by atoms with Crippen molar-refractivity contribution in [3.8, 4) is 0 Å². The van der Waals surface area contributed by atoms with E-state index in [4.69, 9.17) is 14.2 Å². The minimum Gasteiger partial charge on any atom is -0.444 e. The first-order chi connectivity index (χ1) is 14.8. The molecule has 2 aliphatic rings. The molecule has 8 heteroatoms. The summed E-state index contributed by atoms with van der Waals surface area (Å²) < 4.78 is 16.6. The zero-order chi connectivity index (χ0) is 22.7. The smallest absolute Gasteiger partial charge is 0.410 e. The number of aliphatic imine (C=N–C) groups is 1. The van der Waals surface area contributed by atoms with Crippen molar-refractivity contribution in [2.24, 2.45) is 10.9 Å². The van der Waals surface area contributed by atoms with Crippen LogP contribution in [0.1, 0.15) is 59.3 Å². The Kier molecular flexibility index (Phi) is 10.9. The molecule has 2 rings (SSSR count). The van der Waals surface area contributed by atoms with Crippen molar-refractivity contribution in [1.82, 2.24) is 15.1 Å². The Balaban J connectivity index is 1.67. The lowest BCUT2D eigenvalue weighted by Gasteiger charge is -2.35. The van der Waals surface area contributed by atoms with Crippen LogP contribution in [-0.2, 0) is 14.2 Å². The van der Waals surface area contributed by atoms with E-state index in [1.807, 2.05) is 32.7 Å². The number of carbonyl (C=O) groups excluding carboxylic acids is 1. The summed E-state index contributed by atoms with van der Waals surface area (Å²) in [4.78, 5) is 21.0. The van der Waals surface area contributed by atoms with Crippen molar-refractivity contribution < 1.29 is 19.0 Å². The van der Waals surface area contributed by atoms with Gasteiger partial charge in [-0.25, -0.2) is 4.79 Å². The number of nitrogens with one attached hydrogen (secondary N) is 1. The Bertz CT molecular complexity index is 556. The Morgan fingerprint density at radius 1 is 1.10 bits per heavy atom. The van der Waals surface area contributed by atoms with E-state index in [0.717, 1.165) is 90.4 Å². The van der Waals surface area contributed by atoms with Crippen molar-refractivity contribution in [3.05, 3.63) is 0 Å². The SMILES string of the molecule is CN=C(NCCC1CCCN(C(=O)OC(C)(C)C)C1)N1CCC(OCCCOC)CC1. The highest BCUT2D eigenvalue weighted by atomic mass is 16.6. The lowest BCUT2D eigenvalue weighted by molar-refractivity contribution is 0.00976. The lowest BCUT2D eigenvalue weighted by atomic mass is 9.95. The Morgan fingerprint density at radius 2 is 1.84 bits per heavy atom. The van der Waals surface area contributed by atoms with Gasteiger partial charge in [0.15, 0.2) is 5.96 Å². The molecule has 2 heterocycles. The van der Waals surface area contributed by atoms with Crippen molar-refractivity contribution >= 4 is 12.1 Å². The first kappa shape index (κ1) is 25.7. The average molecular weight is 441 g/mol. The van der Waals surface area contributed by atoms with Crippen LogP contribution < -0.4 is 5.32 Å². The number of methoxy groups -OCH3 is 1. The number of piperidine rings is 2. The summed E-state index contributed by atoms with van der Waals surface area (Å²) in [5, 5.41) is 3.53. The van der Waals surface area contributed by atoms with Crippen molar-refractivity contribution in [3.63, 3.8) is 0 Å².